The van der Waals surface area contributed by atoms with Crippen LogP contribution >= 0.6 is 7.92 Å². The van der Waals surface area contributed by atoms with Gasteiger partial charge in [-0.15, -0.1) is 0 Å². The van der Waals surface area contributed by atoms with Crippen molar-refractivity contribution in [1.29, 1.82) is 0 Å². The molecule has 1 atom stereocenters. The van der Waals surface area contributed by atoms with E-state index in [2.05, 4.69) is 182 Å². The number of hydrogen-bond acceptors (Lipinski definition) is 1. The molecule has 1 unspecified atom stereocenters. The highest BCUT2D eigenvalue weighted by molar-refractivity contribution is 7.79. The molecule has 5 rings (SSSR count). The number of hydrogen-bond donors (Lipinski definition) is 0. The molecule has 5 aromatic carbocycles. The minimum atomic E-state index is -0.722. The molecule has 0 aliphatic carbocycles. The molecule has 0 amide bonds. The second kappa shape index (κ2) is 19.8. The third-order valence-electron chi connectivity index (χ3n) is 11.5. The molecule has 0 aliphatic rings. The first-order valence-electron chi connectivity index (χ1n) is 21.2. The van der Waals surface area contributed by atoms with Gasteiger partial charge < -0.3 is 4.90 Å². The zero-order chi connectivity index (χ0) is 38.6. The minimum Gasteiger partial charge on any atom is -0.311 e. The van der Waals surface area contributed by atoms with Crippen LogP contribution in [0.2, 0.25) is 0 Å². The van der Waals surface area contributed by atoms with Crippen molar-refractivity contribution in [3.8, 4) is 0 Å². The van der Waals surface area contributed by atoms with Gasteiger partial charge in [-0.3, -0.25) is 0 Å². The molecular formula is C52H68NP. The Balaban J connectivity index is 1.53. The fraction of sp³-hybridized carbons (Fsp3) is 0.423. The Bertz CT molecular complexity index is 1680. The molecule has 0 N–H and O–H groups in total. The molecular weight excluding hydrogens is 670 g/mol. The van der Waals surface area contributed by atoms with E-state index in [4.69, 9.17) is 0 Å². The van der Waals surface area contributed by atoms with Crippen LogP contribution in [-0.2, 0) is 23.7 Å². The van der Waals surface area contributed by atoms with Crippen molar-refractivity contribution in [2.24, 2.45) is 0 Å². The van der Waals surface area contributed by atoms with Crippen LogP contribution in [0.5, 0.6) is 0 Å². The van der Waals surface area contributed by atoms with Crippen LogP contribution in [0.25, 0.3) is 0 Å². The van der Waals surface area contributed by atoms with Gasteiger partial charge in [0.2, 0.25) is 0 Å². The van der Waals surface area contributed by atoms with Crippen molar-refractivity contribution in [2.45, 2.75) is 143 Å². The van der Waals surface area contributed by atoms with E-state index >= 15 is 0 Å². The lowest BCUT2D eigenvalue weighted by Gasteiger charge is -2.29. The van der Waals surface area contributed by atoms with Crippen molar-refractivity contribution in [1.82, 2.24) is 0 Å². The van der Waals surface area contributed by atoms with E-state index in [1.807, 2.05) is 0 Å². The molecule has 0 saturated heterocycles. The molecule has 0 aliphatic heterocycles. The SMILES string of the molecule is CCCCc1ccc(N(c2ccc(P(c3ccc(CCCC)cc3)c3ccc(C(C)(C)CCCC)cc3)cc2)c2ccc(C(C)(C)CCCC)cc2)cc1. The van der Waals surface area contributed by atoms with E-state index in [0.29, 0.717) is 0 Å². The van der Waals surface area contributed by atoms with Gasteiger partial charge in [-0.1, -0.05) is 179 Å². The lowest BCUT2D eigenvalue weighted by atomic mass is 9.80. The van der Waals surface area contributed by atoms with Crippen molar-refractivity contribution >= 4 is 40.9 Å². The fourth-order valence-electron chi connectivity index (χ4n) is 7.68. The van der Waals surface area contributed by atoms with Gasteiger partial charge in [-0.05, 0) is 132 Å². The summed E-state index contributed by atoms with van der Waals surface area (Å²) in [6.45, 7) is 18.7. The molecule has 5 aromatic rings. The lowest BCUT2D eigenvalue weighted by Crippen LogP contribution is -2.23. The lowest BCUT2D eigenvalue weighted by molar-refractivity contribution is 0.458. The summed E-state index contributed by atoms with van der Waals surface area (Å²) >= 11 is 0. The second-order valence-corrected chi connectivity index (χ2v) is 19.0. The molecule has 0 fully saturated rings. The Hall–Kier alpha value is -3.67. The molecule has 0 bridgehead atoms. The van der Waals surface area contributed by atoms with Crippen LogP contribution in [0.4, 0.5) is 17.1 Å². The van der Waals surface area contributed by atoms with Gasteiger partial charge >= 0.3 is 0 Å². The van der Waals surface area contributed by atoms with Crippen LogP contribution in [0.3, 0.4) is 0 Å². The van der Waals surface area contributed by atoms with Gasteiger partial charge in [0.05, 0.1) is 0 Å². The Morgan fingerprint density at radius 2 is 0.685 bits per heavy atom. The first-order valence-corrected chi connectivity index (χ1v) is 22.5. The summed E-state index contributed by atoms with van der Waals surface area (Å²) in [5.41, 5.74) is 9.64. The predicted octanol–water partition coefficient (Wildman–Crippen LogP) is 14.5. The number of aryl methyl sites for hydroxylation is 2. The van der Waals surface area contributed by atoms with Crippen LogP contribution in [0, 0.1) is 0 Å². The predicted molar refractivity (Wildman–Crippen MR) is 242 cm³/mol. The maximum atomic E-state index is 2.44. The average Bonchev–Trinajstić information content (AvgIpc) is 3.20. The summed E-state index contributed by atoms with van der Waals surface area (Å²) in [6, 6.07) is 47.4. The topological polar surface area (TPSA) is 3.24 Å². The van der Waals surface area contributed by atoms with E-state index in [9.17, 15) is 0 Å². The highest BCUT2D eigenvalue weighted by atomic mass is 31.1. The smallest absolute Gasteiger partial charge is 0.0462 e. The zero-order valence-corrected chi connectivity index (χ0v) is 35.8. The molecule has 0 radical (unpaired) electrons. The number of nitrogens with zero attached hydrogens (tertiary/aromatic N) is 1. The maximum absolute atomic E-state index is 2.44. The number of unbranched alkanes of at least 4 members (excludes halogenated alkanes) is 4. The monoisotopic (exact) mass is 738 g/mol. The number of benzene rings is 5. The van der Waals surface area contributed by atoms with Crippen LogP contribution < -0.4 is 20.8 Å². The molecule has 0 aromatic heterocycles. The molecule has 2 heteroatoms. The van der Waals surface area contributed by atoms with Gasteiger partial charge in [0, 0.05) is 17.1 Å². The van der Waals surface area contributed by atoms with Gasteiger partial charge in [-0.2, -0.15) is 0 Å². The van der Waals surface area contributed by atoms with Crippen molar-refractivity contribution < 1.29 is 0 Å². The van der Waals surface area contributed by atoms with Gasteiger partial charge in [0.15, 0.2) is 0 Å². The van der Waals surface area contributed by atoms with Crippen LogP contribution in [-0.4, -0.2) is 0 Å². The molecule has 0 heterocycles. The average molecular weight is 738 g/mol. The third kappa shape index (κ3) is 10.8. The third-order valence-corrected chi connectivity index (χ3v) is 14.0. The van der Waals surface area contributed by atoms with Crippen molar-refractivity contribution in [2.75, 3.05) is 4.90 Å². The summed E-state index contributed by atoms with van der Waals surface area (Å²) in [6.07, 6.45) is 14.6. The standard InChI is InChI=1S/C52H68NP/c1-9-13-17-41-19-27-45(28-20-41)53(46-29-23-43(24-30-46)51(5,6)39-15-11-3)47-31-37-50(38-32-47)54(48-33-21-42(22-34-48)18-14-10-2)49-35-25-44(26-36-49)52(7,8)40-16-12-4/h19-38H,9-18,39-40H2,1-8H3. The maximum Gasteiger partial charge on any atom is 0.0462 e. The summed E-state index contributed by atoms with van der Waals surface area (Å²) in [4.78, 5) is 2.44. The molecule has 286 valence electrons. The Morgan fingerprint density at radius 1 is 0.389 bits per heavy atom. The molecule has 0 spiro atoms. The van der Waals surface area contributed by atoms with Crippen molar-refractivity contribution in [3.63, 3.8) is 0 Å². The van der Waals surface area contributed by atoms with Crippen LogP contribution in [0.15, 0.2) is 121 Å². The number of anilines is 3. The van der Waals surface area contributed by atoms with Gasteiger partial charge in [0.1, 0.15) is 0 Å². The summed E-state index contributed by atoms with van der Waals surface area (Å²) in [5, 5.41) is 4.21. The minimum absolute atomic E-state index is 0.163. The van der Waals surface area contributed by atoms with Crippen molar-refractivity contribution in [3.05, 3.63) is 144 Å². The molecule has 1 nitrogen and oxygen atoms in total. The normalized spacial score (nSPS) is 12.5. The largest absolute Gasteiger partial charge is 0.311 e. The first-order chi connectivity index (χ1) is 26.1. The Labute approximate surface area is 331 Å². The summed E-state index contributed by atoms with van der Waals surface area (Å²) < 4.78 is 0. The molecule has 0 saturated carbocycles. The molecule has 54 heavy (non-hydrogen) atoms. The fourth-order valence-corrected chi connectivity index (χ4v) is 9.92. The van der Waals surface area contributed by atoms with E-state index in [1.54, 1.807) is 0 Å². The van der Waals surface area contributed by atoms with E-state index in [0.717, 1.165) is 12.8 Å². The zero-order valence-electron chi connectivity index (χ0n) is 34.9. The van der Waals surface area contributed by atoms with E-state index in [1.165, 1.54) is 119 Å². The summed E-state index contributed by atoms with van der Waals surface area (Å²) in [7, 11) is -0.722. The first kappa shape index (κ1) is 41.5. The Kier molecular flexibility index (Phi) is 15.2. The highest BCUT2D eigenvalue weighted by Gasteiger charge is 2.24. The number of rotatable bonds is 20. The van der Waals surface area contributed by atoms with Gasteiger partial charge in [0.25, 0.3) is 0 Å². The second-order valence-electron chi connectivity index (χ2n) is 16.8. The van der Waals surface area contributed by atoms with E-state index in [-0.39, 0.29) is 10.8 Å². The quantitative estimate of drug-likeness (QED) is 0.0719. The highest BCUT2D eigenvalue weighted by Crippen LogP contribution is 2.39. The van der Waals surface area contributed by atoms with Gasteiger partial charge in [-0.25, -0.2) is 0 Å². The summed E-state index contributed by atoms with van der Waals surface area (Å²) in [5.74, 6) is 0. The van der Waals surface area contributed by atoms with Crippen LogP contribution in [0.1, 0.15) is 142 Å². The van der Waals surface area contributed by atoms with E-state index < -0.39 is 7.92 Å². The Morgan fingerprint density at radius 3 is 1.07 bits per heavy atom.